The summed E-state index contributed by atoms with van der Waals surface area (Å²) in [5, 5.41) is 18.9. The van der Waals surface area contributed by atoms with Gasteiger partial charge in [0.1, 0.15) is 17.5 Å². The molecule has 2 unspecified atom stereocenters. The van der Waals surface area contributed by atoms with Crippen LogP contribution in [0.25, 0.3) is 22.8 Å². The standard InChI is InChI=1S/C32H33FN6O6/c1-32(2,3)44-31(43)35-22-10-8-20(9-11-22)28-37-27(38-45-28)23-12-7-19(16-24(23)33)17-26(29(40)41)36-30(42)39-15-13-21(18-39)25-6-4-5-14-34-25/h4-12,14,16,21,26H,13,15,17-18H2,1-3H3,(H,35,43)(H,36,42)(H,40,41). The number of hydrogen-bond donors (Lipinski definition) is 3. The fourth-order valence-corrected chi connectivity index (χ4v) is 4.91. The number of nitrogens with one attached hydrogen (secondary N) is 2. The molecule has 1 aliphatic rings. The SMILES string of the molecule is CC(C)(C)OC(=O)Nc1ccc(-c2nc(-c3ccc(CC(NC(=O)N4CCC(c5ccccn5)C4)C(=O)O)cc3F)no2)cc1. The molecular weight excluding hydrogens is 583 g/mol. The van der Waals surface area contributed by atoms with Gasteiger partial charge in [-0.05, 0) is 81.3 Å². The van der Waals surface area contributed by atoms with Crippen molar-refractivity contribution in [3.05, 3.63) is 83.9 Å². The molecule has 3 heterocycles. The molecule has 2 aromatic heterocycles. The normalized spacial score (nSPS) is 15.4. The van der Waals surface area contributed by atoms with Gasteiger partial charge in [0.2, 0.25) is 5.82 Å². The molecule has 0 saturated carbocycles. The van der Waals surface area contributed by atoms with Crippen LogP contribution in [0.2, 0.25) is 0 Å². The van der Waals surface area contributed by atoms with Crippen molar-refractivity contribution in [1.29, 1.82) is 0 Å². The van der Waals surface area contributed by atoms with Crippen molar-refractivity contribution in [1.82, 2.24) is 25.3 Å². The van der Waals surface area contributed by atoms with Crippen molar-refractivity contribution in [3.8, 4) is 22.8 Å². The molecule has 234 valence electrons. The molecule has 3 amide bonds. The Balaban J connectivity index is 1.20. The van der Waals surface area contributed by atoms with Gasteiger partial charge in [0.25, 0.3) is 5.89 Å². The Hall–Kier alpha value is -5.33. The zero-order chi connectivity index (χ0) is 32.1. The monoisotopic (exact) mass is 616 g/mol. The molecule has 0 bridgehead atoms. The van der Waals surface area contributed by atoms with Crippen molar-refractivity contribution in [3.63, 3.8) is 0 Å². The molecule has 4 aromatic rings. The van der Waals surface area contributed by atoms with Crippen LogP contribution in [0, 0.1) is 5.82 Å². The topological polar surface area (TPSA) is 160 Å². The molecule has 0 aliphatic carbocycles. The largest absolute Gasteiger partial charge is 0.480 e. The van der Waals surface area contributed by atoms with Crippen molar-refractivity contribution in [2.24, 2.45) is 0 Å². The smallest absolute Gasteiger partial charge is 0.412 e. The van der Waals surface area contributed by atoms with Gasteiger partial charge >= 0.3 is 18.1 Å². The van der Waals surface area contributed by atoms with Gasteiger partial charge in [0.05, 0.1) is 5.56 Å². The lowest BCUT2D eigenvalue weighted by molar-refractivity contribution is -0.139. The van der Waals surface area contributed by atoms with E-state index in [0.717, 1.165) is 12.1 Å². The number of carbonyl (C=O) groups excluding carboxylic acids is 2. The molecule has 45 heavy (non-hydrogen) atoms. The van der Waals surface area contributed by atoms with Crippen molar-refractivity contribution < 1.29 is 33.1 Å². The molecule has 2 atom stereocenters. The summed E-state index contributed by atoms with van der Waals surface area (Å²) < 4.78 is 25.7. The number of aliphatic carboxylic acids is 1. The van der Waals surface area contributed by atoms with E-state index in [0.29, 0.717) is 29.9 Å². The summed E-state index contributed by atoms with van der Waals surface area (Å²) in [5.74, 6) is -1.69. The quantitative estimate of drug-likeness (QED) is 0.233. The maximum Gasteiger partial charge on any atom is 0.412 e. The van der Waals surface area contributed by atoms with Crippen LogP contribution in [0.4, 0.5) is 19.7 Å². The van der Waals surface area contributed by atoms with Gasteiger partial charge in [-0.2, -0.15) is 4.98 Å². The zero-order valence-corrected chi connectivity index (χ0v) is 25.0. The summed E-state index contributed by atoms with van der Waals surface area (Å²) in [6, 6.07) is 14.6. The summed E-state index contributed by atoms with van der Waals surface area (Å²) in [4.78, 5) is 47.1. The maximum atomic E-state index is 15.2. The molecular formula is C32H33FN6O6. The average molecular weight is 617 g/mol. The Kier molecular flexibility index (Phi) is 9.07. The second kappa shape index (κ2) is 13.1. The molecule has 2 aromatic carbocycles. The molecule has 0 spiro atoms. The van der Waals surface area contributed by atoms with E-state index in [4.69, 9.17) is 9.26 Å². The minimum atomic E-state index is -1.26. The Morgan fingerprint density at radius 3 is 2.58 bits per heavy atom. The van der Waals surface area contributed by atoms with E-state index in [2.05, 4.69) is 25.8 Å². The number of halogens is 1. The zero-order valence-electron chi connectivity index (χ0n) is 25.0. The fraction of sp³-hybridized carbons (Fsp3) is 0.312. The predicted molar refractivity (Wildman–Crippen MR) is 162 cm³/mol. The van der Waals surface area contributed by atoms with Crippen LogP contribution >= 0.6 is 0 Å². The summed E-state index contributed by atoms with van der Waals surface area (Å²) in [5.41, 5.74) is 1.73. The Labute approximate surface area is 258 Å². The van der Waals surface area contributed by atoms with E-state index < -0.39 is 35.6 Å². The molecule has 12 nitrogen and oxygen atoms in total. The van der Waals surface area contributed by atoms with Crippen molar-refractivity contribution in [2.45, 2.75) is 51.2 Å². The highest BCUT2D eigenvalue weighted by atomic mass is 19.1. The number of amides is 3. The van der Waals surface area contributed by atoms with Crippen LogP contribution in [0.3, 0.4) is 0 Å². The van der Waals surface area contributed by atoms with Crippen LogP contribution in [0.15, 0.2) is 71.4 Å². The lowest BCUT2D eigenvalue weighted by atomic mass is 10.0. The van der Waals surface area contributed by atoms with Crippen LogP contribution < -0.4 is 10.6 Å². The summed E-state index contributed by atoms with van der Waals surface area (Å²) in [7, 11) is 0. The van der Waals surface area contributed by atoms with E-state index in [1.165, 1.54) is 12.1 Å². The molecule has 0 radical (unpaired) electrons. The van der Waals surface area contributed by atoms with Crippen molar-refractivity contribution >= 4 is 23.8 Å². The highest BCUT2D eigenvalue weighted by Crippen LogP contribution is 2.27. The number of anilines is 1. The average Bonchev–Trinajstić information content (AvgIpc) is 3.68. The van der Waals surface area contributed by atoms with E-state index in [-0.39, 0.29) is 29.6 Å². The van der Waals surface area contributed by atoms with Crippen LogP contribution in [0.1, 0.15) is 44.4 Å². The number of pyridine rings is 1. The lowest BCUT2D eigenvalue weighted by Crippen LogP contribution is -2.48. The first kappa shape index (κ1) is 31.1. The first-order valence-electron chi connectivity index (χ1n) is 14.4. The van der Waals surface area contributed by atoms with Gasteiger partial charge in [-0.15, -0.1) is 0 Å². The number of carboxylic acids is 1. The van der Waals surface area contributed by atoms with Crippen LogP contribution in [-0.2, 0) is 16.0 Å². The number of aromatic nitrogens is 3. The number of carboxylic acid groups (broad SMARTS) is 1. The van der Waals surface area contributed by atoms with E-state index in [1.807, 2.05) is 18.2 Å². The second-order valence-corrected chi connectivity index (χ2v) is 11.7. The number of benzene rings is 2. The third kappa shape index (κ3) is 7.99. The number of likely N-dealkylation sites (tertiary alicyclic amines) is 1. The number of carbonyl (C=O) groups is 3. The summed E-state index contributed by atoms with van der Waals surface area (Å²) in [6.45, 7) is 6.20. The number of urea groups is 1. The Bertz CT molecular complexity index is 1670. The Morgan fingerprint density at radius 2 is 1.91 bits per heavy atom. The van der Waals surface area contributed by atoms with Gasteiger partial charge < -0.3 is 24.6 Å². The van der Waals surface area contributed by atoms with E-state index >= 15 is 4.39 Å². The molecule has 3 N–H and O–H groups in total. The number of ether oxygens (including phenoxy) is 1. The maximum absolute atomic E-state index is 15.2. The first-order valence-corrected chi connectivity index (χ1v) is 14.4. The van der Waals surface area contributed by atoms with Crippen LogP contribution in [-0.4, -0.2) is 68.0 Å². The lowest BCUT2D eigenvalue weighted by Gasteiger charge is -2.21. The third-order valence-electron chi connectivity index (χ3n) is 7.09. The van der Waals surface area contributed by atoms with Gasteiger partial charge in [-0.1, -0.05) is 17.3 Å². The molecule has 1 saturated heterocycles. The van der Waals surface area contributed by atoms with Gasteiger partial charge in [0, 0.05) is 48.6 Å². The minimum Gasteiger partial charge on any atom is -0.480 e. The third-order valence-corrected chi connectivity index (χ3v) is 7.09. The van der Waals surface area contributed by atoms with E-state index in [1.54, 1.807) is 62.2 Å². The van der Waals surface area contributed by atoms with Crippen LogP contribution in [0.5, 0.6) is 0 Å². The Morgan fingerprint density at radius 1 is 1.13 bits per heavy atom. The van der Waals surface area contributed by atoms with Crippen molar-refractivity contribution in [2.75, 3.05) is 18.4 Å². The highest BCUT2D eigenvalue weighted by Gasteiger charge is 2.31. The molecule has 1 aliphatic heterocycles. The first-order chi connectivity index (χ1) is 21.4. The molecule has 5 rings (SSSR count). The van der Waals surface area contributed by atoms with Gasteiger partial charge in [0.15, 0.2) is 0 Å². The minimum absolute atomic E-state index is 0.00425. The molecule has 13 heteroatoms. The summed E-state index contributed by atoms with van der Waals surface area (Å²) in [6.07, 6.45) is 1.71. The fourth-order valence-electron chi connectivity index (χ4n) is 4.91. The second-order valence-electron chi connectivity index (χ2n) is 11.7. The number of rotatable bonds is 8. The summed E-state index contributed by atoms with van der Waals surface area (Å²) >= 11 is 0. The molecule has 1 fully saturated rings. The highest BCUT2D eigenvalue weighted by molar-refractivity contribution is 5.85. The van der Waals surface area contributed by atoms with E-state index in [9.17, 15) is 19.5 Å². The predicted octanol–water partition coefficient (Wildman–Crippen LogP) is 5.48. The number of nitrogens with zero attached hydrogens (tertiary/aromatic N) is 4. The number of hydrogen-bond acceptors (Lipinski definition) is 8. The van der Waals surface area contributed by atoms with Gasteiger partial charge in [-0.3, -0.25) is 10.3 Å². The van der Waals surface area contributed by atoms with Gasteiger partial charge in [-0.25, -0.2) is 18.8 Å².